The van der Waals surface area contributed by atoms with Gasteiger partial charge in [-0.1, -0.05) is 0 Å². The molecule has 0 aliphatic carbocycles. The third-order valence-electron chi connectivity index (χ3n) is 2.41. The van der Waals surface area contributed by atoms with Crippen molar-refractivity contribution in [3.05, 3.63) is 11.1 Å². The molecule has 1 aliphatic heterocycles. The molecule has 2 nitrogen and oxygen atoms in total. The first-order valence-corrected chi connectivity index (χ1v) is 5.34. The standard InChI is InChI=1S/C9H14N2S/c1-7-6-12-9(10-7)11-5-3-4-8(11)2/h6,8H,3-5H2,1-2H3/t8-/m0/s1. The van der Waals surface area contributed by atoms with Crippen molar-refractivity contribution >= 4 is 16.5 Å². The van der Waals surface area contributed by atoms with E-state index < -0.39 is 0 Å². The lowest BCUT2D eigenvalue weighted by Gasteiger charge is -2.19. The van der Waals surface area contributed by atoms with Gasteiger partial charge < -0.3 is 4.90 Å². The van der Waals surface area contributed by atoms with E-state index in [-0.39, 0.29) is 0 Å². The van der Waals surface area contributed by atoms with Crippen LogP contribution in [0, 0.1) is 6.92 Å². The van der Waals surface area contributed by atoms with Gasteiger partial charge in [0.2, 0.25) is 0 Å². The molecule has 1 aliphatic rings. The molecule has 2 heterocycles. The number of rotatable bonds is 1. The maximum atomic E-state index is 4.49. The van der Waals surface area contributed by atoms with E-state index in [0.29, 0.717) is 6.04 Å². The summed E-state index contributed by atoms with van der Waals surface area (Å²) in [6.45, 7) is 5.53. The van der Waals surface area contributed by atoms with Crippen molar-refractivity contribution in [3.63, 3.8) is 0 Å². The Hall–Kier alpha value is -0.570. The van der Waals surface area contributed by atoms with Crippen LogP contribution >= 0.6 is 11.3 Å². The van der Waals surface area contributed by atoms with E-state index in [1.54, 1.807) is 11.3 Å². The highest BCUT2D eigenvalue weighted by Crippen LogP contribution is 2.27. The molecule has 1 atom stereocenters. The van der Waals surface area contributed by atoms with Gasteiger partial charge in [0.1, 0.15) is 0 Å². The predicted octanol–water partition coefficient (Wildman–Crippen LogP) is 2.44. The zero-order valence-corrected chi connectivity index (χ0v) is 8.40. The molecule has 3 heteroatoms. The van der Waals surface area contributed by atoms with Crippen LogP contribution in [-0.2, 0) is 0 Å². The average Bonchev–Trinajstić information content (AvgIpc) is 2.58. The Morgan fingerprint density at radius 2 is 2.50 bits per heavy atom. The Morgan fingerprint density at radius 3 is 3.00 bits per heavy atom. The van der Waals surface area contributed by atoms with Crippen molar-refractivity contribution in [1.82, 2.24) is 4.98 Å². The molecule has 0 saturated carbocycles. The van der Waals surface area contributed by atoms with E-state index in [9.17, 15) is 0 Å². The van der Waals surface area contributed by atoms with Crippen LogP contribution in [0.2, 0.25) is 0 Å². The SMILES string of the molecule is Cc1csc(N2CCC[C@@H]2C)n1. The zero-order valence-electron chi connectivity index (χ0n) is 7.58. The minimum Gasteiger partial charge on any atom is -0.345 e. The lowest BCUT2D eigenvalue weighted by Crippen LogP contribution is -2.25. The van der Waals surface area contributed by atoms with E-state index in [1.165, 1.54) is 24.5 Å². The number of anilines is 1. The van der Waals surface area contributed by atoms with Crippen LogP contribution in [0.5, 0.6) is 0 Å². The first kappa shape index (κ1) is 8.05. The number of hydrogen-bond donors (Lipinski definition) is 0. The Balaban J connectivity index is 2.19. The molecule has 1 fully saturated rings. The van der Waals surface area contributed by atoms with Crippen LogP contribution in [0.25, 0.3) is 0 Å². The fourth-order valence-corrected chi connectivity index (χ4v) is 2.62. The van der Waals surface area contributed by atoms with Crippen molar-refractivity contribution < 1.29 is 0 Å². The van der Waals surface area contributed by atoms with Crippen LogP contribution in [0.4, 0.5) is 5.13 Å². The van der Waals surface area contributed by atoms with Gasteiger partial charge >= 0.3 is 0 Å². The Bertz CT molecular complexity index is 269. The number of aromatic nitrogens is 1. The van der Waals surface area contributed by atoms with E-state index in [4.69, 9.17) is 0 Å². The van der Waals surface area contributed by atoms with Crippen molar-refractivity contribution in [2.75, 3.05) is 11.4 Å². The largest absolute Gasteiger partial charge is 0.345 e. The molecule has 12 heavy (non-hydrogen) atoms. The van der Waals surface area contributed by atoms with Gasteiger partial charge in [-0.3, -0.25) is 0 Å². The predicted molar refractivity (Wildman–Crippen MR) is 52.9 cm³/mol. The van der Waals surface area contributed by atoms with Crippen molar-refractivity contribution in [3.8, 4) is 0 Å². The molecule has 0 bridgehead atoms. The third-order valence-corrected chi connectivity index (χ3v) is 3.40. The van der Waals surface area contributed by atoms with E-state index in [2.05, 4.69) is 29.1 Å². The highest BCUT2D eigenvalue weighted by Gasteiger charge is 2.22. The summed E-state index contributed by atoms with van der Waals surface area (Å²) in [7, 11) is 0. The summed E-state index contributed by atoms with van der Waals surface area (Å²) in [6.07, 6.45) is 2.64. The average molecular weight is 182 g/mol. The van der Waals surface area contributed by atoms with Gasteiger partial charge in [0.05, 0.1) is 5.69 Å². The highest BCUT2D eigenvalue weighted by atomic mass is 32.1. The summed E-state index contributed by atoms with van der Waals surface area (Å²) in [5, 5.41) is 3.33. The van der Waals surface area contributed by atoms with Crippen molar-refractivity contribution in [1.29, 1.82) is 0 Å². The number of aryl methyl sites for hydroxylation is 1. The normalized spacial score (nSPS) is 23.5. The fraction of sp³-hybridized carbons (Fsp3) is 0.667. The van der Waals surface area contributed by atoms with Crippen molar-refractivity contribution in [2.24, 2.45) is 0 Å². The molecule has 0 spiro atoms. The second-order valence-corrected chi connectivity index (χ2v) is 4.29. The second kappa shape index (κ2) is 3.05. The molecule has 1 saturated heterocycles. The molecule has 2 rings (SSSR count). The number of hydrogen-bond acceptors (Lipinski definition) is 3. The quantitative estimate of drug-likeness (QED) is 0.663. The fourth-order valence-electron chi connectivity index (χ4n) is 1.69. The van der Waals surface area contributed by atoms with Gasteiger partial charge in [-0.15, -0.1) is 11.3 Å². The topological polar surface area (TPSA) is 16.1 Å². The van der Waals surface area contributed by atoms with Gasteiger partial charge in [0.15, 0.2) is 5.13 Å². The monoisotopic (exact) mass is 182 g/mol. The molecule has 0 amide bonds. The number of nitrogens with zero attached hydrogens (tertiary/aromatic N) is 2. The van der Waals surface area contributed by atoms with Crippen LogP contribution in [0.15, 0.2) is 5.38 Å². The van der Waals surface area contributed by atoms with E-state index >= 15 is 0 Å². The van der Waals surface area contributed by atoms with Gasteiger partial charge in [-0.2, -0.15) is 0 Å². The first-order valence-electron chi connectivity index (χ1n) is 4.46. The first-order chi connectivity index (χ1) is 5.77. The summed E-state index contributed by atoms with van der Waals surface area (Å²) in [4.78, 5) is 6.90. The highest BCUT2D eigenvalue weighted by molar-refractivity contribution is 7.13. The molecule has 0 N–H and O–H groups in total. The van der Waals surface area contributed by atoms with Crippen LogP contribution < -0.4 is 4.90 Å². The summed E-state index contributed by atoms with van der Waals surface area (Å²) >= 11 is 1.77. The molecule has 1 aromatic heterocycles. The van der Waals surface area contributed by atoms with E-state index in [0.717, 1.165) is 5.69 Å². The smallest absolute Gasteiger partial charge is 0.185 e. The Kier molecular flexibility index (Phi) is 2.05. The molecule has 1 aromatic rings. The van der Waals surface area contributed by atoms with Gasteiger partial charge in [0, 0.05) is 18.0 Å². The maximum Gasteiger partial charge on any atom is 0.185 e. The second-order valence-electron chi connectivity index (χ2n) is 3.46. The molecule has 0 radical (unpaired) electrons. The molecule has 0 unspecified atom stereocenters. The maximum absolute atomic E-state index is 4.49. The minimum absolute atomic E-state index is 0.690. The molecule has 66 valence electrons. The van der Waals surface area contributed by atoms with Crippen molar-refractivity contribution in [2.45, 2.75) is 32.7 Å². The number of thiazole rings is 1. The van der Waals surface area contributed by atoms with Gasteiger partial charge in [-0.25, -0.2) is 4.98 Å². The van der Waals surface area contributed by atoms with Crippen LogP contribution in [-0.4, -0.2) is 17.6 Å². The lowest BCUT2D eigenvalue weighted by atomic mass is 10.2. The van der Waals surface area contributed by atoms with E-state index in [1.807, 2.05) is 0 Å². The molecular formula is C9H14N2S. The Morgan fingerprint density at radius 1 is 1.67 bits per heavy atom. The van der Waals surface area contributed by atoms with Crippen LogP contribution in [0.3, 0.4) is 0 Å². The molecule has 0 aromatic carbocycles. The van der Waals surface area contributed by atoms with Gasteiger partial charge in [-0.05, 0) is 26.7 Å². The lowest BCUT2D eigenvalue weighted by molar-refractivity contribution is 0.732. The van der Waals surface area contributed by atoms with Crippen LogP contribution in [0.1, 0.15) is 25.5 Å². The van der Waals surface area contributed by atoms with Gasteiger partial charge in [0.25, 0.3) is 0 Å². The summed E-state index contributed by atoms with van der Waals surface area (Å²) in [5.74, 6) is 0. The minimum atomic E-state index is 0.690. The summed E-state index contributed by atoms with van der Waals surface area (Å²) < 4.78 is 0. The molecular weight excluding hydrogens is 168 g/mol. The summed E-state index contributed by atoms with van der Waals surface area (Å²) in [6, 6.07) is 0.690. The summed E-state index contributed by atoms with van der Waals surface area (Å²) in [5.41, 5.74) is 1.15. The zero-order chi connectivity index (χ0) is 8.55. The Labute approximate surface area is 77.2 Å². The third kappa shape index (κ3) is 1.33.